The van der Waals surface area contributed by atoms with Crippen LogP contribution in [0.3, 0.4) is 0 Å². The Hall–Kier alpha value is -0.890. The van der Waals surface area contributed by atoms with E-state index in [-0.39, 0.29) is 5.54 Å². The Morgan fingerprint density at radius 1 is 1.10 bits per heavy atom. The maximum atomic E-state index is 6.19. The van der Waals surface area contributed by atoms with Gasteiger partial charge in [-0.3, -0.25) is 0 Å². The third kappa shape index (κ3) is 2.14. The van der Waals surface area contributed by atoms with Crippen molar-refractivity contribution in [3.63, 3.8) is 0 Å². The van der Waals surface area contributed by atoms with E-state index in [1.165, 1.54) is 38.5 Å². The van der Waals surface area contributed by atoms with Gasteiger partial charge in [0.2, 0.25) is 0 Å². The lowest BCUT2D eigenvalue weighted by Crippen LogP contribution is -2.61. The molecule has 0 aromatic heterocycles. The van der Waals surface area contributed by atoms with Crippen molar-refractivity contribution in [1.82, 2.24) is 0 Å². The molecule has 1 aromatic carbocycles. The molecule has 2 nitrogen and oxygen atoms in total. The fraction of sp³-hybridized carbons (Fsp3) is 0.667. The van der Waals surface area contributed by atoms with E-state index in [4.69, 9.17) is 17.3 Å². The number of anilines is 2. The summed E-state index contributed by atoms with van der Waals surface area (Å²) >= 11 is 6.19. The smallest absolute Gasteiger partial charge is 0.0739 e. The maximum Gasteiger partial charge on any atom is 0.0739 e. The summed E-state index contributed by atoms with van der Waals surface area (Å²) in [5.74, 6) is 0.879. The summed E-state index contributed by atoms with van der Waals surface area (Å²) in [6, 6.07) is 5.93. The van der Waals surface area contributed by atoms with Crippen molar-refractivity contribution in [2.24, 2.45) is 16.7 Å². The van der Waals surface area contributed by atoms with E-state index < -0.39 is 0 Å². The van der Waals surface area contributed by atoms with Gasteiger partial charge < -0.3 is 11.1 Å². The first-order chi connectivity index (χ1) is 9.81. The largest absolute Gasteiger partial charge is 0.396 e. The molecule has 4 saturated carbocycles. The molecule has 4 aliphatic rings. The first-order valence-electron chi connectivity index (χ1n) is 8.13. The monoisotopic (exact) mass is 304 g/mol. The Kier molecular flexibility index (Phi) is 2.68. The molecule has 0 radical (unpaired) electrons. The van der Waals surface area contributed by atoms with E-state index >= 15 is 0 Å². The molecule has 0 heterocycles. The molecule has 5 rings (SSSR count). The van der Waals surface area contributed by atoms with Crippen molar-refractivity contribution in [2.75, 3.05) is 11.1 Å². The molecular weight excluding hydrogens is 280 g/mol. The number of benzene rings is 1. The lowest BCUT2D eigenvalue weighted by Gasteiger charge is -2.65. The van der Waals surface area contributed by atoms with Crippen LogP contribution >= 0.6 is 11.6 Å². The Morgan fingerprint density at radius 2 is 1.76 bits per heavy atom. The van der Waals surface area contributed by atoms with Crippen LogP contribution in [-0.2, 0) is 0 Å². The van der Waals surface area contributed by atoms with E-state index in [0.717, 1.165) is 11.6 Å². The Morgan fingerprint density at radius 3 is 2.38 bits per heavy atom. The average Bonchev–Trinajstić information content (AvgIpc) is 2.30. The van der Waals surface area contributed by atoms with Crippen molar-refractivity contribution in [1.29, 1.82) is 0 Å². The molecule has 114 valence electrons. The summed E-state index contributed by atoms with van der Waals surface area (Å²) in [5, 5.41) is 4.49. The van der Waals surface area contributed by atoms with Crippen molar-refractivity contribution in [3.05, 3.63) is 23.2 Å². The number of para-hydroxylation sites is 1. The summed E-state index contributed by atoms with van der Waals surface area (Å²) in [6.45, 7) is 4.99. The predicted molar refractivity (Wildman–Crippen MR) is 89.6 cm³/mol. The van der Waals surface area contributed by atoms with Gasteiger partial charge in [0, 0.05) is 5.54 Å². The quantitative estimate of drug-likeness (QED) is 0.747. The third-order valence-electron chi connectivity index (χ3n) is 6.08. The molecule has 1 aromatic rings. The van der Waals surface area contributed by atoms with Crippen LogP contribution in [0.15, 0.2) is 18.2 Å². The standard InChI is InChI=1S/C18H25ClN2/c1-16-6-12-7-17(2,9-16)11-18(8-12,10-16)21-14-5-3-4-13(19)15(14)20/h3-5,12,21H,6-11,20H2,1-2H3. The molecule has 0 saturated heterocycles. The van der Waals surface area contributed by atoms with Crippen molar-refractivity contribution in [2.45, 2.75) is 57.9 Å². The van der Waals surface area contributed by atoms with Gasteiger partial charge in [-0.2, -0.15) is 0 Å². The van der Waals surface area contributed by atoms with Gasteiger partial charge in [-0.25, -0.2) is 0 Å². The van der Waals surface area contributed by atoms with E-state index in [1.54, 1.807) is 0 Å². The zero-order chi connectivity index (χ0) is 14.9. The minimum absolute atomic E-state index is 0.224. The van der Waals surface area contributed by atoms with Gasteiger partial charge in [-0.1, -0.05) is 31.5 Å². The van der Waals surface area contributed by atoms with E-state index in [9.17, 15) is 0 Å². The number of rotatable bonds is 2. The zero-order valence-electron chi connectivity index (χ0n) is 13.0. The molecule has 2 unspecified atom stereocenters. The van der Waals surface area contributed by atoms with Gasteiger partial charge in [-0.15, -0.1) is 0 Å². The van der Waals surface area contributed by atoms with Crippen LogP contribution in [0.25, 0.3) is 0 Å². The average molecular weight is 305 g/mol. The number of hydrogen-bond acceptors (Lipinski definition) is 2. The van der Waals surface area contributed by atoms with Gasteiger partial charge in [0.05, 0.1) is 16.4 Å². The maximum absolute atomic E-state index is 6.19. The summed E-state index contributed by atoms with van der Waals surface area (Å²) < 4.78 is 0. The SMILES string of the molecule is CC12CC3CC(C)(C1)CC(Nc1cccc(Cl)c1N)(C3)C2. The van der Waals surface area contributed by atoms with Crippen molar-refractivity contribution < 1.29 is 0 Å². The highest BCUT2D eigenvalue weighted by Crippen LogP contribution is 2.67. The molecule has 4 aliphatic carbocycles. The molecule has 0 amide bonds. The number of nitrogens with two attached hydrogens (primary N) is 1. The number of halogens is 1. The first-order valence-corrected chi connectivity index (χ1v) is 8.51. The minimum Gasteiger partial charge on any atom is -0.396 e. The van der Waals surface area contributed by atoms with Crippen LogP contribution in [0, 0.1) is 16.7 Å². The van der Waals surface area contributed by atoms with Gasteiger partial charge in [0.25, 0.3) is 0 Å². The molecule has 0 spiro atoms. The van der Waals surface area contributed by atoms with Crippen molar-refractivity contribution >= 4 is 23.0 Å². The Balaban J connectivity index is 1.70. The van der Waals surface area contributed by atoms with Gasteiger partial charge in [0.1, 0.15) is 0 Å². The van der Waals surface area contributed by atoms with Crippen LogP contribution in [0.2, 0.25) is 5.02 Å². The molecule has 4 fully saturated rings. The first kappa shape index (κ1) is 13.8. The molecule has 3 N–H and O–H groups in total. The van der Waals surface area contributed by atoms with Crippen LogP contribution in [0.5, 0.6) is 0 Å². The fourth-order valence-corrected chi connectivity index (χ4v) is 6.69. The molecule has 4 bridgehead atoms. The van der Waals surface area contributed by atoms with Crippen LogP contribution in [-0.4, -0.2) is 5.54 Å². The highest BCUT2D eigenvalue weighted by molar-refractivity contribution is 6.33. The lowest BCUT2D eigenvalue weighted by atomic mass is 9.43. The molecule has 21 heavy (non-hydrogen) atoms. The molecule has 2 atom stereocenters. The van der Waals surface area contributed by atoms with Crippen LogP contribution in [0.1, 0.15) is 52.4 Å². The summed E-state index contributed by atoms with van der Waals surface area (Å²) in [7, 11) is 0. The zero-order valence-corrected chi connectivity index (χ0v) is 13.8. The van der Waals surface area contributed by atoms with Crippen LogP contribution < -0.4 is 11.1 Å². The molecule has 3 heteroatoms. The number of nitrogens with one attached hydrogen (secondary N) is 1. The summed E-state index contributed by atoms with van der Waals surface area (Å²) in [4.78, 5) is 0. The topological polar surface area (TPSA) is 38.0 Å². The third-order valence-corrected chi connectivity index (χ3v) is 6.41. The predicted octanol–water partition coefficient (Wildman–Crippen LogP) is 5.08. The van der Waals surface area contributed by atoms with Gasteiger partial charge >= 0.3 is 0 Å². The normalized spacial score (nSPS) is 44.0. The number of hydrogen-bond donors (Lipinski definition) is 2. The van der Waals surface area contributed by atoms with Crippen molar-refractivity contribution in [3.8, 4) is 0 Å². The lowest BCUT2D eigenvalue weighted by molar-refractivity contribution is -0.0972. The second-order valence-corrected chi connectivity index (χ2v) is 9.14. The summed E-state index contributed by atoms with van der Waals surface area (Å²) in [6.07, 6.45) is 8.07. The summed E-state index contributed by atoms with van der Waals surface area (Å²) in [5.41, 5.74) is 9.15. The Bertz CT molecular complexity index is 579. The van der Waals surface area contributed by atoms with Gasteiger partial charge in [0.15, 0.2) is 0 Å². The van der Waals surface area contributed by atoms with E-state index in [2.05, 4.69) is 25.2 Å². The molecular formula is C18H25ClN2. The van der Waals surface area contributed by atoms with E-state index in [1.807, 2.05) is 12.1 Å². The minimum atomic E-state index is 0.224. The number of nitrogen functional groups attached to an aromatic ring is 1. The van der Waals surface area contributed by atoms with Gasteiger partial charge in [-0.05, 0) is 67.4 Å². The second-order valence-electron chi connectivity index (χ2n) is 8.74. The highest BCUT2D eigenvalue weighted by atomic mass is 35.5. The Labute approximate surface area is 132 Å². The molecule has 0 aliphatic heterocycles. The highest BCUT2D eigenvalue weighted by Gasteiger charge is 2.60. The van der Waals surface area contributed by atoms with Crippen LogP contribution in [0.4, 0.5) is 11.4 Å². The second kappa shape index (κ2) is 4.10. The van der Waals surface area contributed by atoms with E-state index in [0.29, 0.717) is 21.5 Å². The fourth-order valence-electron chi connectivity index (χ4n) is 6.52.